The molecule has 1 heterocycles. The summed E-state index contributed by atoms with van der Waals surface area (Å²) in [5, 5.41) is 0. The van der Waals surface area contributed by atoms with E-state index in [1.165, 1.54) is 22.8 Å². The van der Waals surface area contributed by atoms with Gasteiger partial charge in [-0.2, -0.15) is 4.31 Å². The second-order valence-corrected chi connectivity index (χ2v) is 4.76. The molecule has 0 atom stereocenters. The Labute approximate surface area is 90.0 Å². The Hall–Kier alpha value is -1.38. The van der Waals surface area contributed by atoms with E-state index in [4.69, 9.17) is 6.42 Å². The first kappa shape index (κ1) is 11.7. The molecule has 5 heteroatoms. The Morgan fingerprint density at radius 2 is 2.33 bits per heavy atom. The molecule has 15 heavy (non-hydrogen) atoms. The van der Waals surface area contributed by atoms with Gasteiger partial charge in [-0.3, -0.25) is 4.98 Å². The Morgan fingerprint density at radius 3 is 2.80 bits per heavy atom. The fourth-order valence-electron chi connectivity index (χ4n) is 1.12. The van der Waals surface area contributed by atoms with Crippen LogP contribution in [0.25, 0.3) is 0 Å². The van der Waals surface area contributed by atoms with Crippen LogP contribution in [-0.4, -0.2) is 30.8 Å². The van der Waals surface area contributed by atoms with E-state index in [0.717, 1.165) is 0 Å². The van der Waals surface area contributed by atoms with Gasteiger partial charge in [-0.1, -0.05) is 12.8 Å². The Morgan fingerprint density at radius 1 is 1.60 bits per heavy atom. The molecule has 1 aromatic heterocycles. The van der Waals surface area contributed by atoms with E-state index in [-0.39, 0.29) is 11.4 Å². The van der Waals surface area contributed by atoms with Gasteiger partial charge in [-0.15, -0.1) is 6.42 Å². The predicted octanol–water partition coefficient (Wildman–Crippen LogP) is 0.725. The van der Waals surface area contributed by atoms with Crippen molar-refractivity contribution in [3.05, 3.63) is 24.5 Å². The molecule has 0 fully saturated rings. The van der Waals surface area contributed by atoms with Crippen molar-refractivity contribution >= 4 is 10.0 Å². The lowest BCUT2D eigenvalue weighted by atomic mass is 10.5. The topological polar surface area (TPSA) is 50.3 Å². The molecule has 0 amide bonds. The van der Waals surface area contributed by atoms with Crippen molar-refractivity contribution in [1.82, 2.24) is 9.29 Å². The van der Waals surface area contributed by atoms with Crippen LogP contribution in [0.4, 0.5) is 0 Å². The van der Waals surface area contributed by atoms with E-state index >= 15 is 0 Å². The van der Waals surface area contributed by atoms with Crippen LogP contribution in [0.2, 0.25) is 0 Å². The van der Waals surface area contributed by atoms with Gasteiger partial charge in [-0.25, -0.2) is 8.42 Å². The molecule has 0 radical (unpaired) electrons. The van der Waals surface area contributed by atoms with Gasteiger partial charge in [0.25, 0.3) is 0 Å². The molecular weight excluding hydrogens is 212 g/mol. The highest BCUT2D eigenvalue weighted by atomic mass is 32.2. The average Bonchev–Trinajstić information content (AvgIpc) is 2.27. The highest BCUT2D eigenvalue weighted by Crippen LogP contribution is 2.12. The lowest BCUT2D eigenvalue weighted by Crippen LogP contribution is -2.31. The van der Waals surface area contributed by atoms with E-state index in [9.17, 15) is 8.42 Å². The van der Waals surface area contributed by atoms with Crippen LogP contribution >= 0.6 is 0 Å². The lowest BCUT2D eigenvalue weighted by molar-refractivity contribution is 0.464. The van der Waals surface area contributed by atoms with Crippen molar-refractivity contribution in [2.75, 3.05) is 13.1 Å². The summed E-state index contributed by atoms with van der Waals surface area (Å²) >= 11 is 0. The largest absolute Gasteiger partial charge is 0.263 e. The zero-order chi connectivity index (χ0) is 11.3. The molecular formula is C10H12N2O2S. The number of sulfonamides is 1. The molecule has 1 aromatic rings. The summed E-state index contributed by atoms with van der Waals surface area (Å²) in [6, 6.07) is 3.08. The molecule has 1 rings (SSSR count). The summed E-state index contributed by atoms with van der Waals surface area (Å²) in [4.78, 5) is 3.94. The van der Waals surface area contributed by atoms with Gasteiger partial charge in [0.2, 0.25) is 10.0 Å². The fraction of sp³-hybridized carbons (Fsp3) is 0.300. The maximum atomic E-state index is 11.9. The van der Waals surface area contributed by atoms with Crippen LogP contribution in [-0.2, 0) is 10.0 Å². The highest BCUT2D eigenvalue weighted by Gasteiger charge is 2.21. The molecule has 0 saturated heterocycles. The first-order chi connectivity index (χ1) is 7.12. The van der Waals surface area contributed by atoms with Gasteiger partial charge in [0.05, 0.1) is 6.54 Å². The van der Waals surface area contributed by atoms with Gasteiger partial charge in [0.1, 0.15) is 4.90 Å². The van der Waals surface area contributed by atoms with Crippen molar-refractivity contribution in [3.63, 3.8) is 0 Å². The Bertz CT molecular complexity index is 448. The third-order valence-electron chi connectivity index (χ3n) is 1.89. The number of pyridine rings is 1. The monoisotopic (exact) mass is 224 g/mol. The summed E-state index contributed by atoms with van der Waals surface area (Å²) in [6.45, 7) is 2.17. The van der Waals surface area contributed by atoms with Crippen molar-refractivity contribution in [2.24, 2.45) is 0 Å². The molecule has 0 aliphatic carbocycles. The third-order valence-corrected chi connectivity index (χ3v) is 3.80. The van der Waals surface area contributed by atoms with Crippen LogP contribution in [0.3, 0.4) is 0 Å². The van der Waals surface area contributed by atoms with Gasteiger partial charge in [0, 0.05) is 18.9 Å². The highest BCUT2D eigenvalue weighted by molar-refractivity contribution is 7.89. The first-order valence-corrected chi connectivity index (χ1v) is 5.90. The zero-order valence-corrected chi connectivity index (χ0v) is 9.24. The first-order valence-electron chi connectivity index (χ1n) is 4.46. The SMILES string of the molecule is C#CCN(CC)S(=O)(=O)c1cccnc1. The molecule has 0 aromatic carbocycles. The normalized spacial score (nSPS) is 11.3. The maximum Gasteiger partial charge on any atom is 0.245 e. The number of nitrogens with zero attached hydrogens (tertiary/aromatic N) is 2. The number of hydrogen-bond acceptors (Lipinski definition) is 3. The summed E-state index contributed by atoms with van der Waals surface area (Å²) in [5.74, 6) is 2.32. The molecule has 0 spiro atoms. The molecule has 80 valence electrons. The fourth-order valence-corrected chi connectivity index (χ4v) is 2.44. The van der Waals surface area contributed by atoms with Crippen LogP contribution in [0, 0.1) is 12.3 Å². The molecule has 4 nitrogen and oxygen atoms in total. The van der Waals surface area contributed by atoms with Crippen LogP contribution < -0.4 is 0 Å². The second-order valence-electron chi connectivity index (χ2n) is 2.82. The van der Waals surface area contributed by atoms with Gasteiger partial charge in [0.15, 0.2) is 0 Å². The van der Waals surface area contributed by atoms with Crippen molar-refractivity contribution in [3.8, 4) is 12.3 Å². The molecule has 0 aliphatic rings. The van der Waals surface area contributed by atoms with Crippen LogP contribution in [0.15, 0.2) is 29.4 Å². The third kappa shape index (κ3) is 2.55. The van der Waals surface area contributed by atoms with Gasteiger partial charge < -0.3 is 0 Å². The van der Waals surface area contributed by atoms with E-state index in [1.54, 1.807) is 13.0 Å². The van der Waals surface area contributed by atoms with Crippen LogP contribution in [0.1, 0.15) is 6.92 Å². The Kier molecular flexibility index (Phi) is 3.83. The maximum absolute atomic E-state index is 11.9. The summed E-state index contributed by atoms with van der Waals surface area (Å²) in [5.41, 5.74) is 0. The molecule has 0 bridgehead atoms. The number of hydrogen-bond donors (Lipinski definition) is 0. The van der Waals surface area contributed by atoms with E-state index in [2.05, 4.69) is 10.9 Å². The minimum atomic E-state index is -3.48. The Balaban J connectivity index is 3.08. The van der Waals surface area contributed by atoms with Crippen molar-refractivity contribution < 1.29 is 8.42 Å². The standard InChI is InChI=1S/C10H12N2O2S/c1-3-8-12(4-2)15(13,14)10-6-5-7-11-9-10/h1,5-7,9H,4,8H2,2H3. The molecule has 0 saturated carbocycles. The van der Waals surface area contributed by atoms with E-state index in [0.29, 0.717) is 6.54 Å². The molecule has 0 aliphatic heterocycles. The summed E-state index contributed by atoms with van der Waals surface area (Å²) in [6.07, 6.45) is 7.95. The zero-order valence-electron chi connectivity index (χ0n) is 8.42. The lowest BCUT2D eigenvalue weighted by Gasteiger charge is -2.17. The average molecular weight is 224 g/mol. The van der Waals surface area contributed by atoms with E-state index in [1.807, 2.05) is 0 Å². The minimum absolute atomic E-state index is 0.0771. The molecule has 0 unspecified atom stereocenters. The van der Waals surface area contributed by atoms with Gasteiger partial charge in [-0.05, 0) is 12.1 Å². The number of aromatic nitrogens is 1. The minimum Gasteiger partial charge on any atom is -0.263 e. The number of rotatable bonds is 4. The van der Waals surface area contributed by atoms with Crippen molar-refractivity contribution in [2.45, 2.75) is 11.8 Å². The molecule has 0 N–H and O–H groups in total. The van der Waals surface area contributed by atoms with Crippen molar-refractivity contribution in [1.29, 1.82) is 0 Å². The summed E-state index contributed by atoms with van der Waals surface area (Å²) < 4.78 is 25.1. The summed E-state index contributed by atoms with van der Waals surface area (Å²) in [7, 11) is -3.48. The smallest absolute Gasteiger partial charge is 0.245 e. The van der Waals surface area contributed by atoms with Crippen LogP contribution in [0.5, 0.6) is 0 Å². The predicted molar refractivity (Wildman–Crippen MR) is 57.5 cm³/mol. The van der Waals surface area contributed by atoms with Gasteiger partial charge >= 0.3 is 0 Å². The van der Waals surface area contributed by atoms with E-state index < -0.39 is 10.0 Å². The quantitative estimate of drug-likeness (QED) is 0.708. The number of terminal acetylenes is 1. The second kappa shape index (κ2) is 4.91.